The maximum absolute atomic E-state index is 2.56. The van der Waals surface area contributed by atoms with Crippen molar-refractivity contribution in [3.63, 3.8) is 0 Å². The molecule has 15 rings (SSSR count). The molecular formula is C86H79N. The van der Waals surface area contributed by atoms with Crippen LogP contribution >= 0.6 is 0 Å². The van der Waals surface area contributed by atoms with Crippen LogP contribution in [0.5, 0.6) is 0 Å². The zero-order valence-corrected chi connectivity index (χ0v) is 52.8. The molecule has 0 radical (unpaired) electrons. The quantitative estimate of drug-likeness (QED) is 0.139. The van der Waals surface area contributed by atoms with E-state index in [0.29, 0.717) is 5.92 Å². The standard InChI is InChI=1S/C86H79N/c1-54(81(2,3)4)53-85(12,82(5,6)7)61-37-30-57(31-38-61)58-34-43-69-66-25-17-20-28-75(66)86(79(69)49-58)76-29-21-18-26-67(76)70-44-35-60(50-80(70)86)59-36-45-71-72-51-63(42-47-74(72)84(10,11)77(71)48-59)87(62-39-32-56(33-40-62)55-22-14-13-15-23-55)64-41-46-68-65-24-16-19-27-73(65)83(8,9)78(68)52-64/h13-52,54H,53H2,1-12H3. The van der Waals surface area contributed by atoms with E-state index in [1.165, 1.54) is 128 Å². The molecule has 0 aromatic heterocycles. The van der Waals surface area contributed by atoms with Gasteiger partial charge in [0.25, 0.3) is 0 Å². The Balaban J connectivity index is 0.824. The Morgan fingerprint density at radius 1 is 0.310 bits per heavy atom. The molecule has 11 aromatic carbocycles. The third kappa shape index (κ3) is 8.17. The second-order valence-electron chi connectivity index (χ2n) is 29.3. The van der Waals surface area contributed by atoms with Crippen molar-refractivity contribution < 1.29 is 0 Å². The first kappa shape index (κ1) is 54.8. The van der Waals surface area contributed by atoms with Crippen molar-refractivity contribution in [1.82, 2.24) is 0 Å². The topological polar surface area (TPSA) is 3.24 Å². The third-order valence-corrected chi connectivity index (χ3v) is 22.1. The minimum absolute atomic E-state index is 0.00767. The average molecular weight is 1130 g/mol. The third-order valence-electron chi connectivity index (χ3n) is 22.1. The highest BCUT2D eigenvalue weighted by atomic mass is 15.1. The zero-order chi connectivity index (χ0) is 60.2. The van der Waals surface area contributed by atoms with Crippen LogP contribution in [0.25, 0.3) is 77.9 Å². The van der Waals surface area contributed by atoms with Gasteiger partial charge in [-0.2, -0.15) is 0 Å². The summed E-state index contributed by atoms with van der Waals surface area (Å²) in [4.78, 5) is 2.47. The van der Waals surface area contributed by atoms with Gasteiger partial charge in [0, 0.05) is 27.9 Å². The first-order valence-corrected chi connectivity index (χ1v) is 31.8. The average Bonchev–Trinajstić information content (AvgIpc) is 1.52. The van der Waals surface area contributed by atoms with Crippen molar-refractivity contribution in [2.24, 2.45) is 16.7 Å². The van der Waals surface area contributed by atoms with Gasteiger partial charge in [-0.25, -0.2) is 0 Å². The van der Waals surface area contributed by atoms with Crippen LogP contribution in [0.2, 0.25) is 0 Å². The summed E-state index contributed by atoms with van der Waals surface area (Å²) in [6.07, 6.45) is 1.13. The fraction of sp³-hybridized carbons (Fsp3) is 0.233. The first-order chi connectivity index (χ1) is 41.7. The Morgan fingerprint density at radius 3 is 1.24 bits per heavy atom. The van der Waals surface area contributed by atoms with E-state index in [0.717, 1.165) is 23.5 Å². The predicted molar refractivity (Wildman–Crippen MR) is 369 cm³/mol. The van der Waals surface area contributed by atoms with Crippen molar-refractivity contribution in [2.45, 2.75) is 111 Å². The zero-order valence-electron chi connectivity index (χ0n) is 52.8. The van der Waals surface area contributed by atoms with Gasteiger partial charge in [0.05, 0.1) is 5.41 Å². The van der Waals surface area contributed by atoms with Crippen LogP contribution in [0.4, 0.5) is 17.1 Å². The molecule has 0 heterocycles. The molecule has 3 atom stereocenters. The summed E-state index contributed by atoms with van der Waals surface area (Å²) >= 11 is 0. The molecule has 428 valence electrons. The van der Waals surface area contributed by atoms with Gasteiger partial charge >= 0.3 is 0 Å². The fourth-order valence-electron chi connectivity index (χ4n) is 16.1. The largest absolute Gasteiger partial charge is 0.310 e. The van der Waals surface area contributed by atoms with Crippen molar-refractivity contribution in [1.29, 1.82) is 0 Å². The molecule has 0 fully saturated rings. The number of hydrogen-bond acceptors (Lipinski definition) is 1. The van der Waals surface area contributed by atoms with Crippen molar-refractivity contribution in [3.05, 3.63) is 293 Å². The lowest BCUT2D eigenvalue weighted by Crippen LogP contribution is -2.40. The molecule has 0 aliphatic heterocycles. The number of benzene rings is 11. The molecule has 11 aromatic rings. The highest BCUT2D eigenvalue weighted by Crippen LogP contribution is 2.64. The number of hydrogen-bond donors (Lipinski definition) is 0. The van der Waals surface area contributed by atoms with Gasteiger partial charge in [-0.1, -0.05) is 271 Å². The monoisotopic (exact) mass is 1130 g/mol. The van der Waals surface area contributed by atoms with E-state index in [1.54, 1.807) is 0 Å². The number of fused-ring (bicyclic) bond motifs is 16. The highest BCUT2D eigenvalue weighted by molar-refractivity contribution is 5.98. The van der Waals surface area contributed by atoms with Gasteiger partial charge in [0.2, 0.25) is 0 Å². The van der Waals surface area contributed by atoms with E-state index >= 15 is 0 Å². The molecule has 0 bridgehead atoms. The molecule has 87 heavy (non-hydrogen) atoms. The number of anilines is 3. The van der Waals surface area contributed by atoms with E-state index in [9.17, 15) is 0 Å². The van der Waals surface area contributed by atoms with E-state index in [4.69, 9.17) is 0 Å². The van der Waals surface area contributed by atoms with Crippen LogP contribution in [0.15, 0.2) is 243 Å². The molecule has 0 saturated carbocycles. The smallest absolute Gasteiger partial charge is 0.0725 e. The van der Waals surface area contributed by atoms with Gasteiger partial charge in [-0.05, 0) is 211 Å². The van der Waals surface area contributed by atoms with Crippen molar-refractivity contribution in [2.75, 3.05) is 4.90 Å². The van der Waals surface area contributed by atoms with Gasteiger partial charge in [-0.3, -0.25) is 0 Å². The molecule has 0 N–H and O–H groups in total. The van der Waals surface area contributed by atoms with E-state index < -0.39 is 5.41 Å². The normalized spacial score (nSPS) is 17.1. The van der Waals surface area contributed by atoms with E-state index in [-0.39, 0.29) is 27.1 Å². The summed E-state index contributed by atoms with van der Waals surface area (Å²) in [6.45, 7) is 29.0. The van der Waals surface area contributed by atoms with Crippen LogP contribution in [0, 0.1) is 16.7 Å². The Kier molecular flexibility index (Phi) is 12.2. The minimum atomic E-state index is -0.493. The van der Waals surface area contributed by atoms with Crippen molar-refractivity contribution >= 4 is 17.1 Å². The lowest BCUT2D eigenvalue weighted by Gasteiger charge is -2.46. The highest BCUT2D eigenvalue weighted by Gasteiger charge is 2.52. The van der Waals surface area contributed by atoms with Gasteiger partial charge in [0.1, 0.15) is 0 Å². The lowest BCUT2D eigenvalue weighted by molar-refractivity contribution is 0.120. The molecule has 4 aliphatic rings. The van der Waals surface area contributed by atoms with Crippen LogP contribution in [-0.4, -0.2) is 0 Å². The SMILES string of the molecule is CC(CC(C)(c1ccc(-c2ccc3c(c2)C2(c4ccccc4-3)c3ccccc3-c3ccc(-c4ccc5c(c4)C(C)(C)c4ccc(N(c6ccc(-c7ccccc7)cc6)c6ccc7c(c6)C(C)(C)c6ccccc6-7)cc4-5)cc32)cc1)C(C)(C)C)C(C)(C)C. The molecule has 3 unspecified atom stereocenters. The fourth-order valence-corrected chi connectivity index (χ4v) is 16.1. The maximum atomic E-state index is 2.56. The van der Waals surface area contributed by atoms with E-state index in [1.807, 2.05) is 0 Å². The minimum Gasteiger partial charge on any atom is -0.310 e. The second-order valence-corrected chi connectivity index (χ2v) is 29.3. The van der Waals surface area contributed by atoms with Crippen molar-refractivity contribution in [3.8, 4) is 77.9 Å². The molecular weight excluding hydrogens is 1050 g/mol. The molecule has 1 spiro atoms. The van der Waals surface area contributed by atoms with Crippen LogP contribution in [0.3, 0.4) is 0 Å². The first-order valence-electron chi connectivity index (χ1n) is 31.8. The van der Waals surface area contributed by atoms with Crippen LogP contribution < -0.4 is 4.90 Å². The van der Waals surface area contributed by atoms with Crippen LogP contribution in [0.1, 0.15) is 140 Å². The Morgan fingerprint density at radius 2 is 0.678 bits per heavy atom. The summed E-state index contributed by atoms with van der Waals surface area (Å²) < 4.78 is 0. The Bertz CT molecular complexity index is 4560. The molecule has 1 heteroatoms. The predicted octanol–water partition coefficient (Wildman–Crippen LogP) is 23.5. The second kappa shape index (κ2) is 19.4. The van der Waals surface area contributed by atoms with E-state index in [2.05, 4.69) is 331 Å². The molecule has 0 amide bonds. The Labute approximate surface area is 517 Å². The molecule has 0 saturated heterocycles. The summed E-state index contributed by atoms with van der Waals surface area (Å²) in [5.41, 5.74) is 33.2. The summed E-state index contributed by atoms with van der Waals surface area (Å²) in [7, 11) is 0. The Hall–Kier alpha value is -8.78. The van der Waals surface area contributed by atoms with Crippen LogP contribution in [-0.2, 0) is 21.7 Å². The summed E-state index contributed by atoms with van der Waals surface area (Å²) in [5.74, 6) is 0.567. The summed E-state index contributed by atoms with van der Waals surface area (Å²) in [6, 6.07) is 93.3. The molecule has 1 nitrogen and oxygen atoms in total. The lowest BCUT2D eigenvalue weighted by atomic mass is 9.58. The van der Waals surface area contributed by atoms with Gasteiger partial charge in [-0.15, -0.1) is 0 Å². The maximum Gasteiger partial charge on any atom is 0.0725 e. The number of rotatable bonds is 9. The van der Waals surface area contributed by atoms with Gasteiger partial charge < -0.3 is 4.90 Å². The molecule has 4 aliphatic carbocycles. The summed E-state index contributed by atoms with van der Waals surface area (Å²) in [5, 5.41) is 0. The number of nitrogens with zero attached hydrogens (tertiary/aromatic N) is 1. The van der Waals surface area contributed by atoms with Gasteiger partial charge in [0.15, 0.2) is 0 Å².